The van der Waals surface area contributed by atoms with Gasteiger partial charge in [-0.3, -0.25) is 4.79 Å². The Labute approximate surface area is 102 Å². The molecule has 2 atom stereocenters. The van der Waals surface area contributed by atoms with Gasteiger partial charge in [0.05, 0.1) is 25.4 Å². The van der Waals surface area contributed by atoms with Gasteiger partial charge in [-0.2, -0.15) is 0 Å². The second-order valence-electron chi connectivity index (χ2n) is 4.73. The second kappa shape index (κ2) is 6.33. The molecular formula is C12H22N2O3. The highest BCUT2D eigenvalue weighted by Gasteiger charge is 2.29. The van der Waals surface area contributed by atoms with Gasteiger partial charge in [-0.25, -0.2) is 0 Å². The minimum Gasteiger partial charge on any atom is -0.382 e. The molecule has 0 bridgehead atoms. The topological polar surface area (TPSA) is 50.8 Å². The normalized spacial score (nSPS) is 30.3. The van der Waals surface area contributed by atoms with Gasteiger partial charge in [0, 0.05) is 20.2 Å². The molecule has 17 heavy (non-hydrogen) atoms. The van der Waals surface area contributed by atoms with E-state index in [0.29, 0.717) is 26.3 Å². The second-order valence-corrected chi connectivity index (χ2v) is 4.73. The van der Waals surface area contributed by atoms with Crippen molar-refractivity contribution in [1.82, 2.24) is 10.2 Å². The first-order chi connectivity index (χ1) is 8.31. The Kier molecular flexibility index (Phi) is 4.76. The summed E-state index contributed by atoms with van der Waals surface area (Å²) in [5, 5.41) is 3.30. The highest BCUT2D eigenvalue weighted by Crippen LogP contribution is 2.13. The van der Waals surface area contributed by atoms with E-state index in [1.165, 1.54) is 6.42 Å². The number of hydrogen-bond acceptors (Lipinski definition) is 4. The number of nitrogens with zero attached hydrogens (tertiary/aromatic N) is 1. The number of carbonyl (C=O) groups is 1. The van der Waals surface area contributed by atoms with Crippen molar-refractivity contribution in [1.29, 1.82) is 0 Å². The third-order valence-corrected chi connectivity index (χ3v) is 3.41. The molecule has 98 valence electrons. The molecule has 0 spiro atoms. The van der Waals surface area contributed by atoms with Crippen molar-refractivity contribution in [2.24, 2.45) is 0 Å². The molecule has 0 radical (unpaired) electrons. The number of methoxy groups -OCH3 is 1. The molecule has 0 saturated carbocycles. The molecular weight excluding hydrogens is 220 g/mol. The highest BCUT2D eigenvalue weighted by atomic mass is 16.5. The Morgan fingerprint density at radius 1 is 1.53 bits per heavy atom. The van der Waals surface area contributed by atoms with Gasteiger partial charge in [-0.15, -0.1) is 0 Å². The van der Waals surface area contributed by atoms with Crippen LogP contribution in [0.1, 0.15) is 19.3 Å². The first kappa shape index (κ1) is 12.8. The predicted octanol–water partition coefficient (Wildman–Crippen LogP) is 0.00230. The Morgan fingerprint density at radius 2 is 2.41 bits per heavy atom. The smallest absolute Gasteiger partial charge is 0.239 e. The summed E-state index contributed by atoms with van der Waals surface area (Å²) in [6.07, 6.45) is 3.32. The van der Waals surface area contributed by atoms with Crippen molar-refractivity contribution in [3.05, 3.63) is 0 Å². The molecule has 2 rings (SSSR count). The van der Waals surface area contributed by atoms with E-state index in [4.69, 9.17) is 9.47 Å². The van der Waals surface area contributed by atoms with Crippen LogP contribution < -0.4 is 5.32 Å². The van der Waals surface area contributed by atoms with Crippen molar-refractivity contribution in [2.75, 3.05) is 40.0 Å². The maximum atomic E-state index is 12.3. The largest absolute Gasteiger partial charge is 0.382 e. The van der Waals surface area contributed by atoms with Gasteiger partial charge in [0.25, 0.3) is 0 Å². The fourth-order valence-corrected chi connectivity index (χ4v) is 2.49. The maximum Gasteiger partial charge on any atom is 0.239 e. The van der Waals surface area contributed by atoms with E-state index in [9.17, 15) is 4.79 Å². The summed E-state index contributed by atoms with van der Waals surface area (Å²) in [4.78, 5) is 14.2. The van der Waals surface area contributed by atoms with Crippen molar-refractivity contribution in [3.8, 4) is 0 Å². The fraction of sp³-hybridized carbons (Fsp3) is 0.917. The zero-order valence-electron chi connectivity index (χ0n) is 10.5. The fourth-order valence-electron chi connectivity index (χ4n) is 2.49. The third kappa shape index (κ3) is 3.40. The lowest BCUT2D eigenvalue weighted by Crippen LogP contribution is -2.54. The Morgan fingerprint density at radius 3 is 3.12 bits per heavy atom. The molecule has 2 aliphatic rings. The van der Waals surface area contributed by atoms with Gasteiger partial charge in [-0.05, 0) is 19.4 Å². The van der Waals surface area contributed by atoms with Crippen molar-refractivity contribution in [2.45, 2.75) is 31.4 Å². The van der Waals surface area contributed by atoms with Crippen LogP contribution in [0.2, 0.25) is 0 Å². The SMILES string of the molecule is COC[C@H]1CN(C(=O)[C@@H]2CCCCN2)CCO1. The monoisotopic (exact) mass is 242 g/mol. The molecule has 0 aromatic carbocycles. The molecule has 0 aromatic rings. The summed E-state index contributed by atoms with van der Waals surface area (Å²) >= 11 is 0. The van der Waals surface area contributed by atoms with Gasteiger partial charge < -0.3 is 19.7 Å². The van der Waals surface area contributed by atoms with Crippen LogP contribution in [0.5, 0.6) is 0 Å². The lowest BCUT2D eigenvalue weighted by Gasteiger charge is -2.35. The number of rotatable bonds is 3. The molecule has 0 aliphatic carbocycles. The zero-order chi connectivity index (χ0) is 12.1. The first-order valence-corrected chi connectivity index (χ1v) is 6.44. The maximum absolute atomic E-state index is 12.3. The molecule has 5 nitrogen and oxygen atoms in total. The number of ether oxygens (including phenoxy) is 2. The van der Waals surface area contributed by atoms with E-state index in [0.717, 1.165) is 19.4 Å². The minimum atomic E-state index is 0.0186. The average Bonchev–Trinajstić information content (AvgIpc) is 2.40. The quantitative estimate of drug-likeness (QED) is 0.757. The summed E-state index contributed by atoms with van der Waals surface area (Å²) < 4.78 is 10.6. The molecule has 2 fully saturated rings. The Balaban J connectivity index is 1.85. The van der Waals surface area contributed by atoms with Gasteiger partial charge in [0.15, 0.2) is 0 Å². The van der Waals surface area contributed by atoms with E-state index in [1.54, 1.807) is 7.11 Å². The molecule has 2 saturated heterocycles. The van der Waals surface area contributed by atoms with Gasteiger partial charge >= 0.3 is 0 Å². The van der Waals surface area contributed by atoms with Gasteiger partial charge in [-0.1, -0.05) is 6.42 Å². The lowest BCUT2D eigenvalue weighted by atomic mass is 10.0. The van der Waals surface area contributed by atoms with Crippen LogP contribution in [0.25, 0.3) is 0 Å². The Bertz CT molecular complexity index is 252. The zero-order valence-corrected chi connectivity index (χ0v) is 10.5. The van der Waals surface area contributed by atoms with Gasteiger partial charge in [0.1, 0.15) is 0 Å². The molecule has 5 heteroatoms. The van der Waals surface area contributed by atoms with E-state index >= 15 is 0 Å². The summed E-state index contributed by atoms with van der Waals surface area (Å²) in [7, 11) is 1.66. The highest BCUT2D eigenvalue weighted by molar-refractivity contribution is 5.82. The summed E-state index contributed by atoms with van der Waals surface area (Å²) in [5.74, 6) is 0.231. The number of amides is 1. The van der Waals surface area contributed by atoms with Crippen LogP contribution in [0.15, 0.2) is 0 Å². The van der Waals surface area contributed by atoms with E-state index in [2.05, 4.69) is 5.32 Å². The number of morpholine rings is 1. The summed E-state index contributed by atoms with van der Waals surface area (Å²) in [6.45, 7) is 3.50. The van der Waals surface area contributed by atoms with E-state index in [1.807, 2.05) is 4.90 Å². The van der Waals surface area contributed by atoms with Crippen molar-refractivity contribution < 1.29 is 14.3 Å². The standard InChI is InChI=1S/C12H22N2O3/c1-16-9-10-8-14(6-7-17-10)12(15)11-4-2-3-5-13-11/h10-11,13H,2-9H2,1H3/t10-,11+/m1/s1. The molecule has 2 aliphatic heterocycles. The number of hydrogen-bond donors (Lipinski definition) is 1. The van der Waals surface area contributed by atoms with Crippen LogP contribution in [-0.4, -0.2) is 62.9 Å². The molecule has 1 amide bonds. The molecule has 1 N–H and O–H groups in total. The van der Waals surface area contributed by atoms with Crippen molar-refractivity contribution >= 4 is 5.91 Å². The summed E-state index contributed by atoms with van der Waals surface area (Å²) in [6, 6.07) is 0.0186. The third-order valence-electron chi connectivity index (χ3n) is 3.41. The predicted molar refractivity (Wildman–Crippen MR) is 63.8 cm³/mol. The minimum absolute atomic E-state index is 0.0186. The lowest BCUT2D eigenvalue weighted by molar-refractivity contribution is -0.143. The molecule has 0 unspecified atom stereocenters. The number of carbonyl (C=O) groups excluding carboxylic acids is 1. The average molecular weight is 242 g/mol. The van der Waals surface area contributed by atoms with Crippen LogP contribution in [0.3, 0.4) is 0 Å². The molecule has 0 aromatic heterocycles. The number of nitrogens with one attached hydrogen (secondary N) is 1. The van der Waals surface area contributed by atoms with E-state index in [-0.39, 0.29) is 18.1 Å². The number of piperidine rings is 1. The van der Waals surface area contributed by atoms with Crippen LogP contribution in [-0.2, 0) is 14.3 Å². The molecule has 2 heterocycles. The van der Waals surface area contributed by atoms with Crippen LogP contribution >= 0.6 is 0 Å². The first-order valence-electron chi connectivity index (χ1n) is 6.44. The van der Waals surface area contributed by atoms with E-state index < -0.39 is 0 Å². The van der Waals surface area contributed by atoms with Crippen molar-refractivity contribution in [3.63, 3.8) is 0 Å². The van der Waals surface area contributed by atoms with Crippen LogP contribution in [0.4, 0.5) is 0 Å². The van der Waals surface area contributed by atoms with Gasteiger partial charge in [0.2, 0.25) is 5.91 Å². The summed E-state index contributed by atoms with van der Waals surface area (Å²) in [5.41, 5.74) is 0. The Hall–Kier alpha value is -0.650. The van der Waals surface area contributed by atoms with Crippen LogP contribution in [0, 0.1) is 0 Å².